The maximum atomic E-state index is 11.4. The minimum Gasteiger partial charge on any atom is -0.481 e. The number of hydrogen-bond donors (Lipinski definition) is 1. The maximum Gasteiger partial charge on any atom is 0.309 e. The summed E-state index contributed by atoms with van der Waals surface area (Å²) in [7, 11) is 0. The highest BCUT2D eigenvalue weighted by Crippen LogP contribution is 2.18. The molecule has 1 aliphatic heterocycles. The molecule has 128 valence electrons. The Morgan fingerprint density at radius 1 is 1.21 bits per heavy atom. The van der Waals surface area contributed by atoms with Crippen molar-refractivity contribution in [2.24, 2.45) is 0 Å². The van der Waals surface area contributed by atoms with Gasteiger partial charge in [0.1, 0.15) is 5.65 Å². The van der Waals surface area contributed by atoms with Crippen molar-refractivity contribution in [3.63, 3.8) is 0 Å². The summed E-state index contributed by atoms with van der Waals surface area (Å²) < 4.78 is 1.99. The summed E-state index contributed by atoms with van der Waals surface area (Å²) in [4.78, 5) is 31.2. The molecule has 0 radical (unpaired) electrons. The number of imidazole rings is 1. The van der Waals surface area contributed by atoms with Crippen molar-refractivity contribution in [2.45, 2.75) is 26.8 Å². The Morgan fingerprint density at radius 3 is 2.54 bits per heavy atom. The molecule has 0 bridgehead atoms. The summed E-state index contributed by atoms with van der Waals surface area (Å²) in [6, 6.07) is 3.89. The average Bonchev–Trinajstić information content (AvgIpc) is 2.84. The van der Waals surface area contributed by atoms with Gasteiger partial charge < -0.3 is 14.4 Å². The normalized spacial score (nSPS) is 15.8. The number of carboxylic acids is 1. The number of aromatic nitrogens is 2. The van der Waals surface area contributed by atoms with Gasteiger partial charge in [0.2, 0.25) is 5.91 Å². The largest absolute Gasteiger partial charge is 0.481 e. The van der Waals surface area contributed by atoms with Crippen molar-refractivity contribution >= 4 is 17.5 Å². The van der Waals surface area contributed by atoms with Crippen LogP contribution in [0.3, 0.4) is 0 Å². The van der Waals surface area contributed by atoms with Gasteiger partial charge in [-0.25, -0.2) is 4.98 Å². The fraction of sp³-hybridized carbons (Fsp3) is 0.471. The molecule has 1 aliphatic rings. The number of fused-ring (bicyclic) bond motifs is 1. The van der Waals surface area contributed by atoms with Crippen LogP contribution in [0.4, 0.5) is 0 Å². The van der Waals surface area contributed by atoms with Crippen molar-refractivity contribution in [3.05, 3.63) is 35.3 Å². The smallest absolute Gasteiger partial charge is 0.309 e. The SMILES string of the molecule is CC(=O)N1CCN(Cc2c(CC(=O)O)nc3ccc(C)cn23)CC1. The van der Waals surface area contributed by atoms with Crippen LogP contribution in [0.1, 0.15) is 23.9 Å². The molecule has 0 aliphatic carbocycles. The molecule has 1 N–H and O–H groups in total. The van der Waals surface area contributed by atoms with Gasteiger partial charge in [0.15, 0.2) is 0 Å². The molecule has 1 saturated heterocycles. The van der Waals surface area contributed by atoms with Crippen LogP contribution < -0.4 is 0 Å². The van der Waals surface area contributed by atoms with Crippen molar-refractivity contribution in [2.75, 3.05) is 26.2 Å². The van der Waals surface area contributed by atoms with Gasteiger partial charge in [0.05, 0.1) is 17.8 Å². The molecule has 7 nitrogen and oxygen atoms in total. The van der Waals surface area contributed by atoms with Crippen LogP contribution in [-0.2, 0) is 22.6 Å². The molecule has 0 unspecified atom stereocenters. The molecule has 2 aromatic heterocycles. The van der Waals surface area contributed by atoms with Gasteiger partial charge in [0, 0.05) is 45.8 Å². The Labute approximate surface area is 140 Å². The summed E-state index contributed by atoms with van der Waals surface area (Å²) in [5.74, 6) is -0.774. The number of hydrogen-bond acceptors (Lipinski definition) is 4. The second-order valence-corrected chi connectivity index (χ2v) is 6.29. The standard InChI is InChI=1S/C17H22N4O3/c1-12-3-4-16-18-14(9-17(23)24)15(21(16)10-12)11-19-5-7-20(8-6-19)13(2)22/h3-4,10H,5-9,11H2,1-2H3,(H,23,24). The highest BCUT2D eigenvalue weighted by molar-refractivity contribution is 5.73. The molecule has 7 heteroatoms. The van der Waals surface area contributed by atoms with E-state index < -0.39 is 5.97 Å². The minimum absolute atomic E-state index is 0.0799. The Kier molecular flexibility index (Phi) is 4.53. The monoisotopic (exact) mass is 330 g/mol. The Hall–Kier alpha value is -2.41. The van der Waals surface area contributed by atoms with Crippen molar-refractivity contribution in [1.29, 1.82) is 0 Å². The summed E-state index contributed by atoms with van der Waals surface area (Å²) in [5.41, 5.74) is 3.41. The highest BCUT2D eigenvalue weighted by Gasteiger charge is 2.22. The van der Waals surface area contributed by atoms with Crippen molar-refractivity contribution in [1.82, 2.24) is 19.2 Å². The summed E-state index contributed by atoms with van der Waals surface area (Å²) in [5, 5.41) is 9.17. The van der Waals surface area contributed by atoms with Gasteiger partial charge in [-0.05, 0) is 18.6 Å². The van der Waals surface area contributed by atoms with E-state index in [1.54, 1.807) is 6.92 Å². The van der Waals surface area contributed by atoms with E-state index in [9.17, 15) is 9.59 Å². The van der Waals surface area contributed by atoms with Gasteiger partial charge in [-0.2, -0.15) is 0 Å². The topological polar surface area (TPSA) is 78.2 Å². The summed E-state index contributed by atoms with van der Waals surface area (Å²) in [6.07, 6.45) is 1.91. The lowest BCUT2D eigenvalue weighted by atomic mass is 10.2. The highest BCUT2D eigenvalue weighted by atomic mass is 16.4. The zero-order valence-electron chi connectivity index (χ0n) is 14.0. The third kappa shape index (κ3) is 3.41. The predicted octanol–water partition coefficient (Wildman–Crippen LogP) is 0.934. The summed E-state index contributed by atoms with van der Waals surface area (Å²) >= 11 is 0. The van der Waals surface area contributed by atoms with Crippen LogP contribution in [0.25, 0.3) is 5.65 Å². The molecule has 3 rings (SSSR count). The Bertz CT molecular complexity index is 775. The van der Waals surface area contributed by atoms with E-state index in [4.69, 9.17) is 5.11 Å². The number of rotatable bonds is 4. The van der Waals surface area contributed by atoms with Gasteiger partial charge in [0.25, 0.3) is 0 Å². The molecule has 0 atom stereocenters. The van der Waals surface area contributed by atoms with Crippen LogP contribution >= 0.6 is 0 Å². The molecular weight excluding hydrogens is 308 g/mol. The van der Waals surface area contributed by atoms with Crippen molar-refractivity contribution < 1.29 is 14.7 Å². The van der Waals surface area contributed by atoms with Gasteiger partial charge in [-0.15, -0.1) is 0 Å². The Balaban J connectivity index is 1.86. The van der Waals surface area contributed by atoms with Gasteiger partial charge in [-0.3, -0.25) is 14.5 Å². The summed E-state index contributed by atoms with van der Waals surface area (Å²) in [6.45, 7) is 7.22. The van der Waals surface area contributed by atoms with E-state index in [0.717, 1.165) is 30.0 Å². The number of carbonyl (C=O) groups excluding carboxylic acids is 1. The van der Waals surface area contributed by atoms with E-state index in [0.29, 0.717) is 25.3 Å². The van der Waals surface area contributed by atoms with E-state index in [2.05, 4.69) is 9.88 Å². The molecule has 0 aromatic carbocycles. The van der Waals surface area contributed by atoms with Crippen LogP contribution in [0.15, 0.2) is 18.3 Å². The minimum atomic E-state index is -0.877. The first-order valence-corrected chi connectivity index (χ1v) is 8.10. The lowest BCUT2D eigenvalue weighted by molar-refractivity contribution is -0.136. The first-order valence-electron chi connectivity index (χ1n) is 8.10. The number of nitrogens with zero attached hydrogens (tertiary/aromatic N) is 4. The molecule has 3 heterocycles. The van der Waals surface area contributed by atoms with E-state index >= 15 is 0 Å². The van der Waals surface area contributed by atoms with E-state index in [-0.39, 0.29) is 12.3 Å². The van der Waals surface area contributed by atoms with Crippen LogP contribution in [0, 0.1) is 6.92 Å². The quantitative estimate of drug-likeness (QED) is 0.902. The molecule has 2 aromatic rings. The van der Waals surface area contributed by atoms with Crippen LogP contribution in [0.5, 0.6) is 0 Å². The average molecular weight is 330 g/mol. The van der Waals surface area contributed by atoms with E-state index in [1.165, 1.54) is 0 Å². The molecule has 24 heavy (non-hydrogen) atoms. The molecule has 0 saturated carbocycles. The first-order chi connectivity index (χ1) is 11.4. The van der Waals surface area contributed by atoms with E-state index in [1.807, 2.05) is 34.6 Å². The Morgan fingerprint density at radius 2 is 1.92 bits per heavy atom. The first kappa shape index (κ1) is 16.4. The lowest BCUT2D eigenvalue weighted by Crippen LogP contribution is -2.47. The van der Waals surface area contributed by atoms with Gasteiger partial charge in [-0.1, -0.05) is 6.07 Å². The second kappa shape index (κ2) is 6.60. The third-order valence-electron chi connectivity index (χ3n) is 4.46. The van der Waals surface area contributed by atoms with Crippen LogP contribution in [-0.4, -0.2) is 62.3 Å². The second-order valence-electron chi connectivity index (χ2n) is 6.29. The van der Waals surface area contributed by atoms with Gasteiger partial charge >= 0.3 is 5.97 Å². The zero-order valence-corrected chi connectivity index (χ0v) is 14.0. The zero-order chi connectivity index (χ0) is 17.3. The predicted molar refractivity (Wildman–Crippen MR) is 88.8 cm³/mol. The van der Waals surface area contributed by atoms with Crippen molar-refractivity contribution in [3.8, 4) is 0 Å². The number of aliphatic carboxylic acids is 1. The fourth-order valence-electron chi connectivity index (χ4n) is 3.13. The number of carboxylic acid groups (broad SMARTS) is 1. The van der Waals surface area contributed by atoms with Crippen LogP contribution in [0.2, 0.25) is 0 Å². The fourth-order valence-corrected chi connectivity index (χ4v) is 3.13. The maximum absolute atomic E-state index is 11.4. The number of amides is 1. The molecule has 0 spiro atoms. The number of aryl methyl sites for hydroxylation is 1. The number of pyridine rings is 1. The third-order valence-corrected chi connectivity index (χ3v) is 4.46. The number of piperazine rings is 1. The molecule has 1 amide bonds. The molecule has 1 fully saturated rings. The molecular formula is C17H22N4O3. The lowest BCUT2D eigenvalue weighted by Gasteiger charge is -2.34. The number of carbonyl (C=O) groups is 2.